The molecular weight excluding hydrogens is 389 g/mol. The molecule has 3 aromatic rings. The highest BCUT2D eigenvalue weighted by atomic mass is 35.5. The molecule has 1 N–H and O–H groups in total. The van der Waals surface area contributed by atoms with Crippen LogP contribution in [0, 0.1) is 5.82 Å². The lowest BCUT2D eigenvalue weighted by atomic mass is 10.1. The zero-order chi connectivity index (χ0) is 19.3. The number of hydrogen-bond acceptors (Lipinski definition) is 3. The normalized spacial score (nSPS) is 14.8. The number of nitrogens with one attached hydrogen (secondary N) is 1. The first kappa shape index (κ1) is 21.5. The van der Waals surface area contributed by atoms with Crippen LogP contribution < -0.4 is 9.64 Å². The van der Waals surface area contributed by atoms with Crippen molar-refractivity contribution in [1.29, 1.82) is 0 Å². The average molecular weight is 418 g/mol. The lowest BCUT2D eigenvalue weighted by Crippen LogP contribution is -2.46. The number of piperazine rings is 1. The number of anilines is 1. The van der Waals surface area contributed by atoms with E-state index in [1.165, 1.54) is 17.3 Å². The van der Waals surface area contributed by atoms with Crippen LogP contribution in [0.2, 0.25) is 0 Å². The van der Waals surface area contributed by atoms with Gasteiger partial charge in [-0.2, -0.15) is 0 Å². The highest BCUT2D eigenvalue weighted by Crippen LogP contribution is 2.29. The summed E-state index contributed by atoms with van der Waals surface area (Å²) in [6, 6.07) is 13.3. The SMILES string of the molecule is CCOc1ccccc1N1CCN(CCCc2c[nH]c3ccc(F)cc23)CC1.Cl. The van der Waals surface area contributed by atoms with Gasteiger partial charge in [-0.25, -0.2) is 4.39 Å². The maximum Gasteiger partial charge on any atom is 0.142 e. The van der Waals surface area contributed by atoms with E-state index in [1.807, 2.05) is 25.3 Å². The van der Waals surface area contributed by atoms with Crippen LogP contribution in [0.15, 0.2) is 48.7 Å². The Morgan fingerprint density at radius 2 is 1.86 bits per heavy atom. The summed E-state index contributed by atoms with van der Waals surface area (Å²) in [7, 11) is 0. The number of fused-ring (bicyclic) bond motifs is 1. The minimum Gasteiger partial charge on any atom is -0.492 e. The van der Waals surface area contributed by atoms with Crippen molar-refractivity contribution < 1.29 is 9.13 Å². The van der Waals surface area contributed by atoms with Crippen LogP contribution in [0.25, 0.3) is 10.9 Å². The maximum absolute atomic E-state index is 13.5. The van der Waals surface area contributed by atoms with Gasteiger partial charge in [0.05, 0.1) is 12.3 Å². The van der Waals surface area contributed by atoms with Crippen LogP contribution in [-0.4, -0.2) is 49.2 Å². The molecule has 0 aliphatic carbocycles. The third kappa shape index (κ3) is 5.03. The summed E-state index contributed by atoms with van der Waals surface area (Å²) in [5.74, 6) is 0.807. The van der Waals surface area contributed by atoms with Crippen LogP contribution in [0.3, 0.4) is 0 Å². The van der Waals surface area contributed by atoms with E-state index < -0.39 is 0 Å². The number of aryl methyl sites for hydroxylation is 1. The van der Waals surface area contributed by atoms with Crippen molar-refractivity contribution in [2.24, 2.45) is 0 Å². The molecule has 0 spiro atoms. The van der Waals surface area contributed by atoms with Gasteiger partial charge < -0.3 is 14.6 Å². The Kier molecular flexibility index (Phi) is 7.40. The molecule has 29 heavy (non-hydrogen) atoms. The van der Waals surface area contributed by atoms with E-state index >= 15 is 0 Å². The largest absolute Gasteiger partial charge is 0.492 e. The summed E-state index contributed by atoms with van der Waals surface area (Å²) in [6.45, 7) is 7.94. The number of aromatic amines is 1. The van der Waals surface area contributed by atoms with Crippen molar-refractivity contribution in [3.63, 3.8) is 0 Å². The molecule has 0 unspecified atom stereocenters. The van der Waals surface area contributed by atoms with Gasteiger partial charge in [0.25, 0.3) is 0 Å². The van der Waals surface area contributed by atoms with Gasteiger partial charge in [-0.1, -0.05) is 12.1 Å². The van der Waals surface area contributed by atoms with Crippen LogP contribution in [0.4, 0.5) is 10.1 Å². The molecule has 0 bridgehead atoms. The molecule has 0 amide bonds. The fourth-order valence-corrected chi connectivity index (χ4v) is 4.06. The number of hydrogen-bond donors (Lipinski definition) is 1. The molecule has 2 heterocycles. The van der Waals surface area contributed by atoms with E-state index in [1.54, 1.807) is 6.07 Å². The molecular formula is C23H29ClFN3O. The van der Waals surface area contributed by atoms with Crippen LogP contribution in [-0.2, 0) is 6.42 Å². The van der Waals surface area contributed by atoms with Gasteiger partial charge in [0.1, 0.15) is 11.6 Å². The summed E-state index contributed by atoms with van der Waals surface area (Å²) >= 11 is 0. The predicted octanol–water partition coefficient (Wildman–Crippen LogP) is 4.88. The molecule has 6 heteroatoms. The standard InChI is InChI=1S/C23H28FN3O.ClH/c1-2-28-23-8-4-3-7-22(23)27-14-12-26(13-15-27)11-5-6-18-17-25-21-10-9-19(24)16-20(18)21;/h3-4,7-10,16-17,25H,2,5-6,11-15H2,1H3;1H. The second-order valence-electron chi connectivity index (χ2n) is 7.34. The zero-order valence-corrected chi connectivity index (χ0v) is 17.7. The van der Waals surface area contributed by atoms with Gasteiger partial charge in [-0.3, -0.25) is 4.90 Å². The Morgan fingerprint density at radius 3 is 2.66 bits per heavy atom. The first-order valence-corrected chi connectivity index (χ1v) is 10.2. The van der Waals surface area contributed by atoms with E-state index in [0.29, 0.717) is 6.61 Å². The van der Waals surface area contributed by atoms with Crippen molar-refractivity contribution in [3.8, 4) is 5.75 Å². The van der Waals surface area contributed by atoms with Crippen molar-refractivity contribution in [3.05, 3.63) is 60.0 Å². The molecule has 1 aromatic heterocycles. The summed E-state index contributed by atoms with van der Waals surface area (Å²) in [5.41, 5.74) is 3.42. The fourth-order valence-electron chi connectivity index (χ4n) is 4.06. The highest BCUT2D eigenvalue weighted by molar-refractivity contribution is 5.85. The Labute approximate surface area is 178 Å². The zero-order valence-electron chi connectivity index (χ0n) is 16.9. The van der Waals surface area contributed by atoms with Crippen molar-refractivity contribution >= 4 is 29.0 Å². The monoisotopic (exact) mass is 417 g/mol. The number of rotatable bonds is 7. The van der Waals surface area contributed by atoms with Gasteiger partial charge >= 0.3 is 0 Å². The van der Waals surface area contributed by atoms with Crippen LogP contribution in [0.5, 0.6) is 5.75 Å². The molecule has 156 valence electrons. The number of nitrogens with zero attached hydrogens (tertiary/aromatic N) is 2. The number of aromatic nitrogens is 1. The first-order chi connectivity index (χ1) is 13.7. The van der Waals surface area contributed by atoms with Gasteiger partial charge in [-0.15, -0.1) is 12.4 Å². The first-order valence-electron chi connectivity index (χ1n) is 10.2. The summed E-state index contributed by atoms with van der Waals surface area (Å²) in [4.78, 5) is 8.19. The lowest BCUT2D eigenvalue weighted by molar-refractivity contribution is 0.254. The third-order valence-corrected chi connectivity index (χ3v) is 5.53. The average Bonchev–Trinajstić information content (AvgIpc) is 3.11. The molecule has 1 saturated heterocycles. The number of para-hydroxylation sites is 2. The quantitative estimate of drug-likeness (QED) is 0.594. The predicted molar refractivity (Wildman–Crippen MR) is 120 cm³/mol. The molecule has 4 nitrogen and oxygen atoms in total. The van der Waals surface area contributed by atoms with E-state index in [2.05, 4.69) is 33.0 Å². The Morgan fingerprint density at radius 1 is 1.07 bits per heavy atom. The van der Waals surface area contributed by atoms with Crippen molar-refractivity contribution in [1.82, 2.24) is 9.88 Å². The van der Waals surface area contributed by atoms with Crippen molar-refractivity contribution in [2.45, 2.75) is 19.8 Å². The molecule has 0 radical (unpaired) electrons. The van der Waals surface area contributed by atoms with E-state index in [0.717, 1.165) is 62.2 Å². The topological polar surface area (TPSA) is 31.5 Å². The van der Waals surface area contributed by atoms with Gasteiger partial charge in [0.15, 0.2) is 0 Å². The second kappa shape index (κ2) is 9.99. The maximum atomic E-state index is 13.5. The highest BCUT2D eigenvalue weighted by Gasteiger charge is 2.19. The molecule has 2 aromatic carbocycles. The molecule has 1 aliphatic rings. The summed E-state index contributed by atoms with van der Waals surface area (Å²) < 4.78 is 19.3. The van der Waals surface area contributed by atoms with E-state index in [-0.39, 0.29) is 18.2 Å². The second-order valence-corrected chi connectivity index (χ2v) is 7.34. The minimum atomic E-state index is -0.170. The molecule has 1 aliphatic heterocycles. The number of halogens is 2. The minimum absolute atomic E-state index is 0. The smallest absolute Gasteiger partial charge is 0.142 e. The van der Waals surface area contributed by atoms with Crippen molar-refractivity contribution in [2.75, 3.05) is 44.2 Å². The van der Waals surface area contributed by atoms with E-state index in [4.69, 9.17) is 4.74 Å². The molecule has 4 rings (SSSR count). The Hall–Kier alpha value is -2.24. The summed E-state index contributed by atoms with van der Waals surface area (Å²) in [6.07, 6.45) is 4.07. The van der Waals surface area contributed by atoms with Gasteiger partial charge in [-0.05, 0) is 62.2 Å². The van der Waals surface area contributed by atoms with Crippen LogP contribution in [0.1, 0.15) is 18.9 Å². The summed E-state index contributed by atoms with van der Waals surface area (Å²) in [5, 5.41) is 1.01. The number of benzene rings is 2. The van der Waals surface area contributed by atoms with Gasteiger partial charge in [0.2, 0.25) is 0 Å². The number of ether oxygens (including phenoxy) is 1. The van der Waals surface area contributed by atoms with Gasteiger partial charge in [0, 0.05) is 43.3 Å². The fraction of sp³-hybridized carbons (Fsp3) is 0.391. The Balaban J connectivity index is 0.00000240. The molecule has 0 atom stereocenters. The van der Waals surface area contributed by atoms with E-state index in [9.17, 15) is 4.39 Å². The lowest BCUT2D eigenvalue weighted by Gasteiger charge is -2.36. The Bertz CT molecular complexity index is 921. The van der Waals surface area contributed by atoms with Crippen LogP contribution >= 0.6 is 12.4 Å². The third-order valence-electron chi connectivity index (χ3n) is 5.53. The number of H-pyrrole nitrogens is 1. The molecule has 0 saturated carbocycles. The molecule has 1 fully saturated rings.